The van der Waals surface area contributed by atoms with Crippen LogP contribution in [0.2, 0.25) is 0 Å². The first-order valence-electron chi connectivity index (χ1n) is 11.8. The van der Waals surface area contributed by atoms with Gasteiger partial charge in [0.15, 0.2) is 6.10 Å². The number of halogens is 1. The van der Waals surface area contributed by atoms with Crippen LogP contribution in [-0.2, 0) is 20.7 Å². The highest BCUT2D eigenvalue weighted by molar-refractivity contribution is 5.83. The second kappa shape index (κ2) is 11.0. The van der Waals surface area contributed by atoms with Crippen molar-refractivity contribution in [1.29, 1.82) is 0 Å². The summed E-state index contributed by atoms with van der Waals surface area (Å²) in [5.41, 5.74) is 2.32. The van der Waals surface area contributed by atoms with Crippen LogP contribution in [0.25, 0.3) is 0 Å². The monoisotopic (exact) mass is 470 g/mol. The van der Waals surface area contributed by atoms with Gasteiger partial charge in [0, 0.05) is 25.6 Å². The van der Waals surface area contributed by atoms with Crippen LogP contribution in [0.1, 0.15) is 56.8 Å². The SMILES string of the molecule is CC[C@H](Oc1ccc2c(c1)[C@H](c1ccc(F)cc1)N(C(=O)C(C)(C)C)CC2)C(=O)NCCOC. The minimum absolute atomic E-state index is 0.0303. The van der Waals surface area contributed by atoms with Crippen molar-refractivity contribution in [2.45, 2.75) is 52.7 Å². The molecule has 1 aliphatic rings. The number of benzene rings is 2. The molecule has 2 aromatic rings. The van der Waals surface area contributed by atoms with Gasteiger partial charge in [-0.3, -0.25) is 9.59 Å². The van der Waals surface area contributed by atoms with Crippen molar-refractivity contribution >= 4 is 11.8 Å². The molecular weight excluding hydrogens is 435 g/mol. The Labute approximate surface area is 201 Å². The molecule has 0 spiro atoms. The third-order valence-electron chi connectivity index (χ3n) is 5.98. The van der Waals surface area contributed by atoms with E-state index in [1.807, 2.05) is 50.8 Å². The molecule has 0 unspecified atom stereocenters. The minimum Gasteiger partial charge on any atom is -0.481 e. The number of hydrogen-bond acceptors (Lipinski definition) is 4. The summed E-state index contributed by atoms with van der Waals surface area (Å²) in [6.07, 6.45) is 0.575. The van der Waals surface area contributed by atoms with Gasteiger partial charge < -0.3 is 19.7 Å². The number of fused-ring (bicyclic) bond motifs is 1. The van der Waals surface area contributed by atoms with E-state index in [9.17, 15) is 14.0 Å². The summed E-state index contributed by atoms with van der Waals surface area (Å²) in [5, 5.41) is 2.82. The van der Waals surface area contributed by atoms with Crippen LogP contribution in [0.4, 0.5) is 4.39 Å². The summed E-state index contributed by atoms with van der Waals surface area (Å²) in [7, 11) is 1.58. The lowest BCUT2D eigenvalue weighted by atomic mass is 9.85. The molecule has 6 nitrogen and oxygen atoms in total. The van der Waals surface area contributed by atoms with E-state index >= 15 is 0 Å². The van der Waals surface area contributed by atoms with Gasteiger partial charge in [-0.2, -0.15) is 0 Å². The number of methoxy groups -OCH3 is 1. The van der Waals surface area contributed by atoms with Gasteiger partial charge in [0.05, 0.1) is 12.6 Å². The molecule has 0 fully saturated rings. The predicted molar refractivity (Wildman–Crippen MR) is 129 cm³/mol. The molecule has 0 aromatic heterocycles. The van der Waals surface area contributed by atoms with Gasteiger partial charge in [0.25, 0.3) is 5.91 Å². The smallest absolute Gasteiger partial charge is 0.261 e. The Balaban J connectivity index is 1.96. The summed E-state index contributed by atoms with van der Waals surface area (Å²) in [5.74, 6) is 0.0696. The van der Waals surface area contributed by atoms with Crippen molar-refractivity contribution in [3.8, 4) is 5.75 Å². The van der Waals surface area contributed by atoms with Crippen molar-refractivity contribution in [2.75, 3.05) is 26.8 Å². The van der Waals surface area contributed by atoms with E-state index in [-0.39, 0.29) is 23.7 Å². The van der Waals surface area contributed by atoms with Crippen LogP contribution in [0.15, 0.2) is 42.5 Å². The summed E-state index contributed by atoms with van der Waals surface area (Å²) < 4.78 is 24.7. The van der Waals surface area contributed by atoms with Crippen molar-refractivity contribution in [3.63, 3.8) is 0 Å². The number of nitrogens with one attached hydrogen (secondary N) is 1. The molecule has 0 aliphatic carbocycles. The van der Waals surface area contributed by atoms with E-state index in [4.69, 9.17) is 9.47 Å². The fraction of sp³-hybridized carbons (Fsp3) is 0.481. The van der Waals surface area contributed by atoms with Crippen molar-refractivity contribution in [3.05, 3.63) is 65.0 Å². The van der Waals surface area contributed by atoms with Crippen LogP contribution in [0.5, 0.6) is 5.75 Å². The van der Waals surface area contributed by atoms with Crippen molar-refractivity contribution in [2.24, 2.45) is 5.41 Å². The molecular formula is C27H35FN2O4. The van der Waals surface area contributed by atoms with Gasteiger partial charge in [-0.05, 0) is 53.8 Å². The Hall–Kier alpha value is -2.93. The second-order valence-corrected chi connectivity index (χ2v) is 9.61. The number of carbonyl (C=O) groups excluding carboxylic acids is 2. The van der Waals surface area contributed by atoms with Gasteiger partial charge in [-0.25, -0.2) is 4.39 Å². The Morgan fingerprint density at radius 1 is 1.18 bits per heavy atom. The van der Waals surface area contributed by atoms with Crippen LogP contribution >= 0.6 is 0 Å². The molecule has 0 saturated carbocycles. The van der Waals surface area contributed by atoms with Crippen LogP contribution < -0.4 is 10.1 Å². The highest BCUT2D eigenvalue weighted by atomic mass is 19.1. The average molecular weight is 471 g/mol. The molecule has 0 radical (unpaired) electrons. The summed E-state index contributed by atoms with van der Waals surface area (Å²) in [6, 6.07) is 11.7. The molecule has 0 bridgehead atoms. The Bertz CT molecular complexity index is 1000. The summed E-state index contributed by atoms with van der Waals surface area (Å²) in [6.45, 7) is 9.02. The van der Waals surface area contributed by atoms with Gasteiger partial charge in [0.1, 0.15) is 11.6 Å². The maximum Gasteiger partial charge on any atom is 0.261 e. The third kappa shape index (κ3) is 5.95. The van der Waals surface area contributed by atoms with Gasteiger partial charge in [0.2, 0.25) is 5.91 Å². The first kappa shape index (κ1) is 25.7. The molecule has 1 aliphatic heterocycles. The van der Waals surface area contributed by atoms with Crippen LogP contribution in [-0.4, -0.2) is 49.6 Å². The zero-order chi connectivity index (χ0) is 24.9. The van der Waals surface area contributed by atoms with E-state index in [0.29, 0.717) is 38.3 Å². The quantitative estimate of drug-likeness (QED) is 0.586. The zero-order valence-corrected chi connectivity index (χ0v) is 20.7. The molecule has 7 heteroatoms. The second-order valence-electron chi connectivity index (χ2n) is 9.61. The predicted octanol–water partition coefficient (Wildman–Crippen LogP) is 4.27. The molecule has 2 atom stereocenters. The first-order valence-corrected chi connectivity index (χ1v) is 11.8. The Morgan fingerprint density at radius 3 is 2.50 bits per heavy atom. The molecule has 34 heavy (non-hydrogen) atoms. The Morgan fingerprint density at radius 2 is 1.88 bits per heavy atom. The first-order chi connectivity index (χ1) is 16.2. The van der Waals surface area contributed by atoms with E-state index < -0.39 is 11.5 Å². The van der Waals surface area contributed by atoms with E-state index in [1.165, 1.54) is 12.1 Å². The molecule has 3 rings (SSSR count). The lowest BCUT2D eigenvalue weighted by Crippen LogP contribution is -2.45. The molecule has 1 heterocycles. The Kier molecular flexibility index (Phi) is 8.31. The third-order valence-corrected chi connectivity index (χ3v) is 5.98. The number of carbonyl (C=O) groups is 2. The van der Waals surface area contributed by atoms with Crippen molar-refractivity contribution < 1.29 is 23.5 Å². The van der Waals surface area contributed by atoms with E-state index in [0.717, 1.165) is 16.7 Å². The maximum absolute atomic E-state index is 13.7. The largest absolute Gasteiger partial charge is 0.481 e. The summed E-state index contributed by atoms with van der Waals surface area (Å²) >= 11 is 0. The average Bonchev–Trinajstić information content (AvgIpc) is 2.81. The van der Waals surface area contributed by atoms with E-state index in [2.05, 4.69) is 5.32 Å². The summed E-state index contributed by atoms with van der Waals surface area (Å²) in [4.78, 5) is 27.8. The molecule has 1 N–H and O–H groups in total. The van der Waals surface area contributed by atoms with Crippen LogP contribution in [0, 0.1) is 11.2 Å². The fourth-order valence-electron chi connectivity index (χ4n) is 4.20. The van der Waals surface area contributed by atoms with Gasteiger partial charge in [-0.1, -0.05) is 45.9 Å². The number of amides is 2. The minimum atomic E-state index is -0.643. The molecule has 184 valence electrons. The molecule has 2 aromatic carbocycles. The fourth-order valence-corrected chi connectivity index (χ4v) is 4.20. The lowest BCUT2D eigenvalue weighted by molar-refractivity contribution is -0.141. The van der Waals surface area contributed by atoms with Gasteiger partial charge in [-0.15, -0.1) is 0 Å². The number of ether oxygens (including phenoxy) is 2. The number of rotatable bonds is 8. The normalized spacial score (nSPS) is 16.5. The number of hydrogen-bond donors (Lipinski definition) is 1. The van der Waals surface area contributed by atoms with Gasteiger partial charge >= 0.3 is 0 Å². The lowest BCUT2D eigenvalue weighted by Gasteiger charge is -2.41. The standard InChI is InChI=1S/C27H35FN2O4/c1-6-23(25(31)29-14-16-33-5)34-21-12-9-18-13-15-30(26(32)27(2,3)4)24(22(18)17-21)19-7-10-20(28)11-8-19/h7-12,17,23-24H,6,13-16H2,1-5H3,(H,29,31)/t23-,24-/m0/s1. The molecule has 0 saturated heterocycles. The topological polar surface area (TPSA) is 67.9 Å². The van der Waals surface area contributed by atoms with Crippen molar-refractivity contribution in [1.82, 2.24) is 10.2 Å². The number of nitrogens with zero attached hydrogens (tertiary/aromatic N) is 1. The maximum atomic E-state index is 13.7. The molecule has 2 amide bonds. The highest BCUT2D eigenvalue weighted by Gasteiger charge is 2.37. The highest BCUT2D eigenvalue weighted by Crippen LogP contribution is 2.39. The van der Waals surface area contributed by atoms with E-state index in [1.54, 1.807) is 19.2 Å². The zero-order valence-electron chi connectivity index (χ0n) is 20.7. The van der Waals surface area contributed by atoms with Crippen LogP contribution in [0.3, 0.4) is 0 Å².